The number of carbonyl (C=O) groups excluding carboxylic acids is 1. The van der Waals surface area contributed by atoms with Crippen LogP contribution in [0, 0.1) is 11.3 Å². The Hall–Kier alpha value is -2.72. The van der Waals surface area contributed by atoms with Crippen molar-refractivity contribution in [2.24, 2.45) is 0 Å². The summed E-state index contributed by atoms with van der Waals surface area (Å²) in [7, 11) is 3.11. The highest BCUT2D eigenvalue weighted by atomic mass is 32.2. The maximum Gasteiger partial charge on any atom is 0.225 e. The fourth-order valence-corrected chi connectivity index (χ4v) is 3.25. The first kappa shape index (κ1) is 20.6. The fourth-order valence-electron chi connectivity index (χ4n) is 2.33. The van der Waals surface area contributed by atoms with Gasteiger partial charge in [0.2, 0.25) is 5.91 Å². The molecular formula is C20H23N3O3S. The molecule has 0 spiro atoms. The van der Waals surface area contributed by atoms with Crippen molar-refractivity contribution in [1.82, 2.24) is 4.98 Å². The summed E-state index contributed by atoms with van der Waals surface area (Å²) in [5.74, 6) is 1.86. The predicted octanol–water partition coefficient (Wildman–Crippen LogP) is 4.21. The number of aromatic nitrogens is 1. The van der Waals surface area contributed by atoms with Gasteiger partial charge in [-0.15, -0.1) is 11.8 Å². The van der Waals surface area contributed by atoms with Crippen LogP contribution in [0.4, 0.5) is 5.69 Å². The Balaban J connectivity index is 1.97. The molecule has 0 fully saturated rings. The maximum atomic E-state index is 12.3. The molecule has 0 aliphatic carbocycles. The lowest BCUT2D eigenvalue weighted by atomic mass is 10.1. The molecule has 142 valence electrons. The molecule has 6 nitrogen and oxygen atoms in total. The lowest BCUT2D eigenvalue weighted by molar-refractivity contribution is -0.115. The number of rotatable bonds is 8. The summed E-state index contributed by atoms with van der Waals surface area (Å²) < 4.78 is 10.4. The SMILES string of the molecule is COc1ccc(NC(=O)CCSc2nc(C(C)C)ccc2C#N)c(OC)c1. The lowest BCUT2D eigenvalue weighted by Crippen LogP contribution is -2.13. The van der Waals surface area contributed by atoms with Crippen LogP contribution in [0.5, 0.6) is 11.5 Å². The van der Waals surface area contributed by atoms with Crippen molar-refractivity contribution < 1.29 is 14.3 Å². The van der Waals surface area contributed by atoms with Gasteiger partial charge in [0, 0.05) is 23.9 Å². The Morgan fingerprint density at radius 3 is 2.67 bits per heavy atom. The smallest absolute Gasteiger partial charge is 0.225 e. The zero-order chi connectivity index (χ0) is 19.8. The molecule has 0 atom stereocenters. The Morgan fingerprint density at radius 2 is 2.04 bits per heavy atom. The Kier molecular flexibility index (Phi) is 7.50. The van der Waals surface area contributed by atoms with Crippen LogP contribution in [-0.4, -0.2) is 30.9 Å². The van der Waals surface area contributed by atoms with Gasteiger partial charge in [0.15, 0.2) is 0 Å². The molecule has 7 heteroatoms. The molecule has 2 rings (SSSR count). The Labute approximate surface area is 163 Å². The first-order chi connectivity index (χ1) is 13.0. The number of hydrogen-bond donors (Lipinski definition) is 1. The minimum atomic E-state index is -0.135. The minimum Gasteiger partial charge on any atom is -0.497 e. The molecule has 1 aromatic heterocycles. The van der Waals surface area contributed by atoms with Gasteiger partial charge in [0.1, 0.15) is 22.6 Å². The third-order valence-corrected chi connectivity index (χ3v) is 4.84. The largest absolute Gasteiger partial charge is 0.497 e. The number of nitriles is 1. The number of ether oxygens (including phenoxy) is 2. The van der Waals surface area contributed by atoms with Crippen LogP contribution in [0.15, 0.2) is 35.4 Å². The quantitative estimate of drug-likeness (QED) is 0.685. The summed E-state index contributed by atoms with van der Waals surface area (Å²) in [6, 6.07) is 11.0. The summed E-state index contributed by atoms with van der Waals surface area (Å²) >= 11 is 1.41. The molecule has 0 aliphatic rings. The molecular weight excluding hydrogens is 362 g/mol. The highest BCUT2D eigenvalue weighted by molar-refractivity contribution is 7.99. The zero-order valence-corrected chi connectivity index (χ0v) is 16.7. The van der Waals surface area contributed by atoms with Crippen LogP contribution in [0.2, 0.25) is 0 Å². The number of pyridine rings is 1. The van der Waals surface area contributed by atoms with Crippen LogP contribution in [0.25, 0.3) is 0 Å². The number of nitrogens with one attached hydrogen (secondary N) is 1. The molecule has 1 aromatic carbocycles. The first-order valence-electron chi connectivity index (χ1n) is 8.54. The van der Waals surface area contributed by atoms with Gasteiger partial charge in [-0.05, 0) is 30.2 Å². The van der Waals surface area contributed by atoms with Crippen molar-refractivity contribution in [2.45, 2.75) is 31.2 Å². The fraction of sp³-hybridized carbons (Fsp3) is 0.350. The van der Waals surface area contributed by atoms with Crippen molar-refractivity contribution in [1.29, 1.82) is 5.26 Å². The van der Waals surface area contributed by atoms with Crippen molar-refractivity contribution >= 4 is 23.4 Å². The molecule has 1 amide bonds. The second-order valence-corrected chi connectivity index (χ2v) is 7.15. The average molecular weight is 385 g/mol. The van der Waals surface area contributed by atoms with E-state index < -0.39 is 0 Å². The van der Waals surface area contributed by atoms with Crippen molar-refractivity contribution in [2.75, 3.05) is 25.3 Å². The van der Waals surface area contributed by atoms with Crippen LogP contribution < -0.4 is 14.8 Å². The molecule has 0 unspecified atom stereocenters. The van der Waals surface area contributed by atoms with Crippen LogP contribution in [0.1, 0.15) is 37.4 Å². The number of benzene rings is 1. The molecule has 1 heterocycles. The van der Waals surface area contributed by atoms with Gasteiger partial charge in [0.25, 0.3) is 0 Å². The van der Waals surface area contributed by atoms with Gasteiger partial charge in [-0.2, -0.15) is 5.26 Å². The zero-order valence-electron chi connectivity index (χ0n) is 15.9. The molecule has 0 aliphatic heterocycles. The molecule has 0 radical (unpaired) electrons. The number of nitrogens with zero attached hydrogens (tertiary/aromatic N) is 2. The van der Waals surface area contributed by atoms with Gasteiger partial charge >= 0.3 is 0 Å². The van der Waals surface area contributed by atoms with Gasteiger partial charge in [-0.1, -0.05) is 13.8 Å². The van der Waals surface area contributed by atoms with E-state index in [-0.39, 0.29) is 18.2 Å². The van der Waals surface area contributed by atoms with Crippen molar-refractivity contribution in [3.8, 4) is 17.6 Å². The summed E-state index contributed by atoms with van der Waals surface area (Å²) in [6.07, 6.45) is 0.290. The summed E-state index contributed by atoms with van der Waals surface area (Å²) in [6.45, 7) is 4.11. The average Bonchev–Trinajstić information content (AvgIpc) is 2.68. The van der Waals surface area contributed by atoms with E-state index in [1.165, 1.54) is 18.9 Å². The van der Waals surface area contributed by atoms with E-state index in [9.17, 15) is 10.1 Å². The third kappa shape index (κ3) is 5.63. The van der Waals surface area contributed by atoms with E-state index >= 15 is 0 Å². The van der Waals surface area contributed by atoms with E-state index in [1.807, 2.05) is 6.07 Å². The topological polar surface area (TPSA) is 84.2 Å². The van der Waals surface area contributed by atoms with Crippen molar-refractivity contribution in [3.05, 3.63) is 41.6 Å². The number of carbonyl (C=O) groups is 1. The van der Waals surface area contributed by atoms with E-state index in [4.69, 9.17) is 9.47 Å². The van der Waals surface area contributed by atoms with Gasteiger partial charge < -0.3 is 14.8 Å². The summed E-state index contributed by atoms with van der Waals surface area (Å²) in [5.41, 5.74) is 2.05. The number of anilines is 1. The molecule has 0 bridgehead atoms. The van der Waals surface area contributed by atoms with Gasteiger partial charge in [-0.3, -0.25) is 4.79 Å². The molecule has 0 saturated heterocycles. The second kappa shape index (κ2) is 9.83. The van der Waals surface area contributed by atoms with Crippen molar-refractivity contribution in [3.63, 3.8) is 0 Å². The monoisotopic (exact) mass is 385 g/mol. The standard InChI is InChI=1S/C20H23N3O3S/c1-13(2)16-7-5-14(12-21)20(23-16)27-10-9-19(24)22-17-8-6-15(25-3)11-18(17)26-4/h5-8,11,13H,9-10H2,1-4H3,(H,22,24). The molecule has 2 aromatic rings. The van der Waals surface area contributed by atoms with E-state index in [0.717, 1.165) is 5.69 Å². The van der Waals surface area contributed by atoms with E-state index in [2.05, 4.69) is 30.2 Å². The van der Waals surface area contributed by atoms with E-state index in [1.54, 1.807) is 31.4 Å². The van der Waals surface area contributed by atoms with Crippen LogP contribution in [-0.2, 0) is 4.79 Å². The third-order valence-electron chi connectivity index (χ3n) is 3.84. The minimum absolute atomic E-state index is 0.135. The number of hydrogen-bond acceptors (Lipinski definition) is 6. The Bertz CT molecular complexity index is 847. The van der Waals surface area contributed by atoms with Gasteiger partial charge in [0.05, 0.1) is 25.5 Å². The number of thioether (sulfide) groups is 1. The Morgan fingerprint density at radius 1 is 1.26 bits per heavy atom. The number of amides is 1. The lowest BCUT2D eigenvalue weighted by Gasteiger charge is -2.12. The molecule has 1 N–H and O–H groups in total. The summed E-state index contributed by atoms with van der Waals surface area (Å²) in [5, 5.41) is 12.7. The summed E-state index contributed by atoms with van der Waals surface area (Å²) in [4.78, 5) is 16.8. The highest BCUT2D eigenvalue weighted by Gasteiger charge is 2.12. The van der Waals surface area contributed by atoms with Gasteiger partial charge in [-0.25, -0.2) is 4.98 Å². The normalized spacial score (nSPS) is 10.4. The number of methoxy groups -OCH3 is 2. The predicted molar refractivity (Wildman–Crippen MR) is 107 cm³/mol. The second-order valence-electron chi connectivity index (χ2n) is 6.07. The van der Waals surface area contributed by atoms with Crippen LogP contribution in [0.3, 0.4) is 0 Å². The molecule has 0 saturated carbocycles. The van der Waals surface area contributed by atoms with Crippen LogP contribution >= 0.6 is 11.8 Å². The highest BCUT2D eigenvalue weighted by Crippen LogP contribution is 2.29. The van der Waals surface area contributed by atoms with E-state index in [0.29, 0.717) is 33.5 Å². The first-order valence-corrected chi connectivity index (χ1v) is 9.52. The maximum absolute atomic E-state index is 12.3. The molecule has 27 heavy (non-hydrogen) atoms.